The predicted octanol–water partition coefficient (Wildman–Crippen LogP) is 4.20. The first-order valence-electron chi connectivity index (χ1n) is 10.2. The fourth-order valence-corrected chi connectivity index (χ4v) is 4.50. The third-order valence-corrected chi connectivity index (χ3v) is 6.16. The van der Waals surface area contributed by atoms with Gasteiger partial charge in [-0.2, -0.15) is 0 Å². The van der Waals surface area contributed by atoms with Crippen LogP contribution in [0.2, 0.25) is 0 Å². The molecule has 1 N–H and O–H groups in total. The van der Waals surface area contributed by atoms with Gasteiger partial charge in [-0.25, -0.2) is 9.37 Å². The maximum absolute atomic E-state index is 13.5. The van der Waals surface area contributed by atoms with E-state index in [1.807, 2.05) is 10.3 Å². The standard InChI is InChI=1S/C22H18FN5O4S/c23-15-3-1-14(2-4-15)19-20(27-9-12-33-22(27)24-19)25-21(29)17-13-16(28(30)31)5-6-18(17)26-7-10-32-11-8-26/h1-6,9,12-13H,7-8,10-11H2,(H,25,29). The number of benzene rings is 2. The molecule has 1 aliphatic rings. The van der Waals surface area contributed by atoms with Crippen LogP contribution in [0.4, 0.5) is 21.6 Å². The first-order valence-corrected chi connectivity index (χ1v) is 11.0. The molecule has 0 saturated carbocycles. The average molecular weight is 467 g/mol. The summed E-state index contributed by atoms with van der Waals surface area (Å²) in [6.07, 6.45) is 1.77. The van der Waals surface area contributed by atoms with Crippen LogP contribution in [0.25, 0.3) is 16.2 Å². The number of nitro groups is 1. The molecule has 0 spiro atoms. The SMILES string of the molecule is O=C(Nc1c(-c2ccc(F)cc2)nc2sccn12)c1cc([N+](=O)[O-])ccc1N1CCOCC1. The molecule has 1 saturated heterocycles. The van der Waals surface area contributed by atoms with Crippen LogP contribution in [0.5, 0.6) is 0 Å². The van der Waals surface area contributed by atoms with Gasteiger partial charge in [0.05, 0.1) is 29.4 Å². The quantitative estimate of drug-likeness (QED) is 0.349. The van der Waals surface area contributed by atoms with E-state index in [1.165, 1.54) is 35.6 Å². The Bertz CT molecular complexity index is 1340. The van der Waals surface area contributed by atoms with E-state index in [0.717, 1.165) is 0 Å². The van der Waals surface area contributed by atoms with Crippen molar-refractivity contribution in [3.05, 3.63) is 75.5 Å². The molecule has 1 fully saturated rings. The minimum atomic E-state index is -0.528. The third-order valence-electron chi connectivity index (χ3n) is 5.40. The lowest BCUT2D eigenvalue weighted by molar-refractivity contribution is -0.384. The number of carbonyl (C=O) groups is 1. The summed E-state index contributed by atoms with van der Waals surface area (Å²) in [4.78, 5) is 31.5. The molecule has 0 unspecified atom stereocenters. The Hall–Kier alpha value is -3.83. The summed E-state index contributed by atoms with van der Waals surface area (Å²) in [7, 11) is 0. The minimum Gasteiger partial charge on any atom is -0.378 e. The van der Waals surface area contributed by atoms with Crippen LogP contribution in [-0.4, -0.2) is 46.5 Å². The van der Waals surface area contributed by atoms with E-state index in [9.17, 15) is 19.3 Å². The van der Waals surface area contributed by atoms with Crippen molar-refractivity contribution >= 4 is 39.4 Å². The molecule has 11 heteroatoms. The molecule has 0 atom stereocenters. The average Bonchev–Trinajstić information content (AvgIpc) is 3.42. The maximum Gasteiger partial charge on any atom is 0.270 e. The summed E-state index contributed by atoms with van der Waals surface area (Å²) in [5.74, 6) is -0.476. The van der Waals surface area contributed by atoms with E-state index in [0.29, 0.717) is 54.0 Å². The summed E-state index contributed by atoms with van der Waals surface area (Å²) in [6.45, 7) is 2.15. The first-order chi connectivity index (χ1) is 16.0. The van der Waals surface area contributed by atoms with Crippen LogP contribution in [0.15, 0.2) is 54.0 Å². The second kappa shape index (κ2) is 8.60. The molecule has 3 heterocycles. The number of aromatic nitrogens is 2. The lowest BCUT2D eigenvalue weighted by Crippen LogP contribution is -2.37. The van der Waals surface area contributed by atoms with Crippen LogP contribution in [0.3, 0.4) is 0 Å². The molecule has 1 aliphatic heterocycles. The Labute approximate surface area is 191 Å². The van der Waals surface area contributed by atoms with E-state index >= 15 is 0 Å². The van der Waals surface area contributed by atoms with E-state index < -0.39 is 10.8 Å². The molecular weight excluding hydrogens is 449 g/mol. The van der Waals surface area contributed by atoms with Gasteiger partial charge in [-0.05, 0) is 30.3 Å². The van der Waals surface area contributed by atoms with Gasteiger partial charge in [0.1, 0.15) is 17.3 Å². The first kappa shape index (κ1) is 21.0. The molecule has 0 bridgehead atoms. The van der Waals surface area contributed by atoms with Crippen molar-refractivity contribution in [1.82, 2.24) is 9.38 Å². The highest BCUT2D eigenvalue weighted by molar-refractivity contribution is 7.15. The number of fused-ring (bicyclic) bond motifs is 1. The summed E-state index contributed by atoms with van der Waals surface area (Å²) < 4.78 is 20.6. The van der Waals surface area contributed by atoms with Gasteiger partial charge < -0.3 is 15.0 Å². The number of morpholine rings is 1. The molecule has 0 aliphatic carbocycles. The Morgan fingerprint density at radius 3 is 2.67 bits per heavy atom. The van der Waals surface area contributed by atoms with Gasteiger partial charge in [0.15, 0.2) is 4.96 Å². The maximum atomic E-state index is 13.5. The van der Waals surface area contributed by atoms with Crippen molar-refractivity contribution < 1.29 is 18.8 Å². The molecular formula is C22H18FN5O4S. The summed E-state index contributed by atoms with van der Waals surface area (Å²) in [5.41, 5.74) is 1.71. The summed E-state index contributed by atoms with van der Waals surface area (Å²) in [5, 5.41) is 16.1. The number of carbonyl (C=O) groups excluding carboxylic acids is 1. The number of thiazole rings is 1. The zero-order valence-electron chi connectivity index (χ0n) is 17.2. The number of imidazole rings is 1. The van der Waals surface area contributed by atoms with E-state index in [4.69, 9.17) is 4.74 Å². The monoisotopic (exact) mass is 467 g/mol. The van der Waals surface area contributed by atoms with E-state index in [-0.39, 0.29) is 17.1 Å². The zero-order valence-corrected chi connectivity index (χ0v) is 18.0. The third kappa shape index (κ3) is 4.03. The molecule has 0 radical (unpaired) electrons. The number of nitrogens with one attached hydrogen (secondary N) is 1. The summed E-state index contributed by atoms with van der Waals surface area (Å²) in [6, 6.07) is 10.1. The van der Waals surface area contributed by atoms with Crippen LogP contribution in [-0.2, 0) is 4.74 Å². The molecule has 33 heavy (non-hydrogen) atoms. The second-order valence-electron chi connectivity index (χ2n) is 7.38. The van der Waals surface area contributed by atoms with Crippen LogP contribution < -0.4 is 10.2 Å². The number of nitrogens with zero attached hydrogens (tertiary/aromatic N) is 4. The molecule has 4 aromatic rings. The number of hydrogen-bond acceptors (Lipinski definition) is 7. The van der Waals surface area contributed by atoms with Crippen molar-refractivity contribution in [3.8, 4) is 11.3 Å². The van der Waals surface area contributed by atoms with Gasteiger partial charge in [-0.15, -0.1) is 11.3 Å². The zero-order chi connectivity index (χ0) is 22.9. The van der Waals surface area contributed by atoms with Crippen LogP contribution >= 0.6 is 11.3 Å². The Kier molecular flexibility index (Phi) is 5.48. The summed E-state index contributed by atoms with van der Waals surface area (Å²) >= 11 is 1.39. The number of ether oxygens (including phenoxy) is 1. The molecule has 2 aromatic heterocycles. The number of nitro benzene ring substituents is 1. The Morgan fingerprint density at radius 1 is 1.18 bits per heavy atom. The number of rotatable bonds is 5. The number of hydrogen-bond donors (Lipinski definition) is 1. The topological polar surface area (TPSA) is 102 Å². The van der Waals surface area contributed by atoms with Crippen LogP contribution in [0, 0.1) is 15.9 Å². The van der Waals surface area contributed by atoms with Crippen molar-refractivity contribution in [1.29, 1.82) is 0 Å². The van der Waals surface area contributed by atoms with Crippen molar-refractivity contribution in [2.24, 2.45) is 0 Å². The Morgan fingerprint density at radius 2 is 1.94 bits per heavy atom. The van der Waals surface area contributed by atoms with Gasteiger partial charge in [-0.3, -0.25) is 19.3 Å². The van der Waals surface area contributed by atoms with Crippen molar-refractivity contribution in [2.75, 3.05) is 36.5 Å². The lowest BCUT2D eigenvalue weighted by atomic mass is 10.1. The number of anilines is 2. The fraction of sp³-hybridized carbons (Fsp3) is 0.182. The highest BCUT2D eigenvalue weighted by atomic mass is 32.1. The number of amides is 1. The van der Waals surface area contributed by atoms with E-state index in [1.54, 1.807) is 28.8 Å². The van der Waals surface area contributed by atoms with Gasteiger partial charge in [0.2, 0.25) is 0 Å². The van der Waals surface area contributed by atoms with Crippen molar-refractivity contribution in [2.45, 2.75) is 0 Å². The number of non-ortho nitro benzene ring substituents is 1. The van der Waals surface area contributed by atoms with E-state index in [2.05, 4.69) is 10.3 Å². The molecule has 1 amide bonds. The highest BCUT2D eigenvalue weighted by Crippen LogP contribution is 2.33. The smallest absolute Gasteiger partial charge is 0.270 e. The van der Waals surface area contributed by atoms with Gasteiger partial charge in [0, 0.05) is 42.4 Å². The molecule has 5 rings (SSSR count). The Balaban J connectivity index is 1.56. The largest absolute Gasteiger partial charge is 0.378 e. The van der Waals surface area contributed by atoms with Gasteiger partial charge >= 0.3 is 0 Å². The van der Waals surface area contributed by atoms with Gasteiger partial charge in [-0.1, -0.05) is 0 Å². The van der Waals surface area contributed by atoms with Gasteiger partial charge in [0.25, 0.3) is 11.6 Å². The molecule has 2 aromatic carbocycles. The lowest BCUT2D eigenvalue weighted by Gasteiger charge is -2.30. The number of halogens is 1. The normalized spacial score (nSPS) is 13.9. The molecule has 9 nitrogen and oxygen atoms in total. The fourth-order valence-electron chi connectivity index (χ4n) is 3.79. The van der Waals surface area contributed by atoms with Crippen LogP contribution in [0.1, 0.15) is 10.4 Å². The van der Waals surface area contributed by atoms with Crippen molar-refractivity contribution in [3.63, 3.8) is 0 Å². The second-order valence-corrected chi connectivity index (χ2v) is 8.26. The molecule has 168 valence electrons. The minimum absolute atomic E-state index is 0.176. The predicted molar refractivity (Wildman–Crippen MR) is 123 cm³/mol. The highest BCUT2D eigenvalue weighted by Gasteiger charge is 2.24.